The van der Waals surface area contributed by atoms with Gasteiger partial charge in [0.1, 0.15) is 0 Å². The second-order valence-electron chi connectivity index (χ2n) is 7.73. The molecule has 2 heterocycles. The maximum Gasteiger partial charge on any atom is 0.0290 e. The lowest BCUT2D eigenvalue weighted by atomic mass is 9.81. The van der Waals surface area contributed by atoms with Gasteiger partial charge in [-0.25, -0.2) is 0 Å². The van der Waals surface area contributed by atoms with Crippen molar-refractivity contribution in [3.05, 3.63) is 90.0 Å². The van der Waals surface area contributed by atoms with E-state index in [1.807, 2.05) is 0 Å². The summed E-state index contributed by atoms with van der Waals surface area (Å²) in [4.78, 5) is 2.74. The fourth-order valence-electron chi connectivity index (χ4n) is 4.86. The summed E-state index contributed by atoms with van der Waals surface area (Å²) < 4.78 is 0. The smallest absolute Gasteiger partial charge is 0.0290 e. The number of benzene rings is 3. The highest BCUT2D eigenvalue weighted by molar-refractivity contribution is 5.94. The summed E-state index contributed by atoms with van der Waals surface area (Å²) in [5.41, 5.74) is 4.44. The highest BCUT2D eigenvalue weighted by Gasteiger charge is 2.34. The van der Waals surface area contributed by atoms with Crippen LogP contribution in [-0.4, -0.2) is 17.0 Å². The molecule has 2 bridgehead atoms. The second kappa shape index (κ2) is 6.74. The van der Waals surface area contributed by atoms with Gasteiger partial charge in [0.25, 0.3) is 0 Å². The van der Waals surface area contributed by atoms with E-state index in [4.69, 9.17) is 0 Å². The molecule has 0 aliphatic carbocycles. The Morgan fingerprint density at radius 3 is 2.50 bits per heavy atom. The molecule has 1 heteroatoms. The van der Waals surface area contributed by atoms with Gasteiger partial charge in [-0.3, -0.25) is 4.90 Å². The van der Waals surface area contributed by atoms with Gasteiger partial charge < -0.3 is 0 Å². The molecular weight excluding hydrogens is 314 g/mol. The quantitative estimate of drug-likeness (QED) is 0.561. The highest BCUT2D eigenvalue weighted by Crippen LogP contribution is 2.39. The van der Waals surface area contributed by atoms with Crippen LogP contribution < -0.4 is 0 Å². The summed E-state index contributed by atoms with van der Waals surface area (Å²) in [5.74, 6) is 0. The van der Waals surface area contributed by atoms with Crippen molar-refractivity contribution >= 4 is 16.3 Å². The third-order valence-corrected chi connectivity index (χ3v) is 6.12. The van der Waals surface area contributed by atoms with Crippen LogP contribution in [0.4, 0.5) is 0 Å². The summed E-state index contributed by atoms with van der Waals surface area (Å²) in [7, 11) is 0. The Kier molecular flexibility index (Phi) is 4.10. The Bertz CT molecular complexity index is 935. The third kappa shape index (κ3) is 2.87. The number of rotatable bonds is 3. The fourth-order valence-corrected chi connectivity index (χ4v) is 4.86. The maximum absolute atomic E-state index is 2.74. The molecule has 2 aliphatic heterocycles. The Balaban J connectivity index is 1.50. The zero-order chi connectivity index (χ0) is 17.3. The van der Waals surface area contributed by atoms with E-state index in [1.165, 1.54) is 47.6 Å². The van der Waals surface area contributed by atoms with Crippen LogP contribution in [0, 0.1) is 0 Å². The lowest BCUT2D eigenvalue weighted by Crippen LogP contribution is -2.47. The Labute approximate surface area is 156 Å². The fraction of sp³-hybridized carbons (Fsp3) is 0.280. The number of piperidine rings is 1. The molecule has 3 aromatic rings. The van der Waals surface area contributed by atoms with E-state index in [0.717, 1.165) is 6.54 Å². The summed E-state index contributed by atoms with van der Waals surface area (Å²) in [5, 5.41) is 2.75. The van der Waals surface area contributed by atoms with E-state index in [9.17, 15) is 0 Å². The van der Waals surface area contributed by atoms with Gasteiger partial charge in [0.15, 0.2) is 0 Å². The van der Waals surface area contributed by atoms with Crippen molar-refractivity contribution < 1.29 is 0 Å². The van der Waals surface area contributed by atoms with Crippen molar-refractivity contribution in [2.45, 2.75) is 44.3 Å². The standard InChI is InChI=1S/C25H25N/c1-2-8-19(9-3-1)18-26-22-12-7-13-23(26)17-21(16-22)25-15-6-11-20-10-4-5-14-24(20)25/h1-6,8-11,14-16,22-23H,7,12-13,17-18H2. The van der Waals surface area contributed by atoms with Crippen molar-refractivity contribution in [3.63, 3.8) is 0 Å². The minimum Gasteiger partial charge on any atom is -0.289 e. The van der Waals surface area contributed by atoms with Crippen LogP contribution in [-0.2, 0) is 6.54 Å². The van der Waals surface area contributed by atoms with Crippen LogP contribution in [0.3, 0.4) is 0 Å². The Hall–Kier alpha value is -2.38. The topological polar surface area (TPSA) is 3.24 Å². The molecule has 2 atom stereocenters. The largest absolute Gasteiger partial charge is 0.289 e. The maximum atomic E-state index is 2.74. The summed E-state index contributed by atoms with van der Waals surface area (Å²) >= 11 is 0. The van der Waals surface area contributed by atoms with Gasteiger partial charge in [0.05, 0.1) is 0 Å². The molecule has 0 saturated carbocycles. The number of hydrogen-bond donors (Lipinski definition) is 0. The first kappa shape index (κ1) is 15.8. The molecule has 2 unspecified atom stereocenters. The van der Waals surface area contributed by atoms with Crippen LogP contribution in [0.15, 0.2) is 78.9 Å². The van der Waals surface area contributed by atoms with E-state index in [0.29, 0.717) is 12.1 Å². The van der Waals surface area contributed by atoms with E-state index in [2.05, 4.69) is 83.8 Å². The van der Waals surface area contributed by atoms with Crippen LogP contribution in [0.2, 0.25) is 0 Å². The van der Waals surface area contributed by atoms with Gasteiger partial charge >= 0.3 is 0 Å². The Morgan fingerprint density at radius 2 is 1.62 bits per heavy atom. The van der Waals surface area contributed by atoms with Gasteiger partial charge in [-0.1, -0.05) is 85.3 Å². The van der Waals surface area contributed by atoms with Crippen LogP contribution in [0.25, 0.3) is 16.3 Å². The number of fused-ring (bicyclic) bond motifs is 3. The molecule has 130 valence electrons. The first-order chi connectivity index (χ1) is 12.9. The predicted octanol–water partition coefficient (Wildman–Crippen LogP) is 6.05. The summed E-state index contributed by atoms with van der Waals surface area (Å²) in [6.45, 7) is 1.08. The highest BCUT2D eigenvalue weighted by atomic mass is 15.2. The van der Waals surface area contributed by atoms with E-state index < -0.39 is 0 Å². The zero-order valence-corrected chi connectivity index (χ0v) is 15.1. The monoisotopic (exact) mass is 339 g/mol. The molecule has 1 nitrogen and oxygen atoms in total. The predicted molar refractivity (Wildman–Crippen MR) is 110 cm³/mol. The third-order valence-electron chi connectivity index (χ3n) is 6.12. The van der Waals surface area contributed by atoms with Gasteiger partial charge in [-0.2, -0.15) is 0 Å². The molecule has 0 spiro atoms. The summed E-state index contributed by atoms with van der Waals surface area (Å²) in [6.07, 6.45) is 7.72. The van der Waals surface area contributed by atoms with Crippen molar-refractivity contribution in [1.82, 2.24) is 4.90 Å². The molecule has 0 radical (unpaired) electrons. The lowest BCUT2D eigenvalue weighted by molar-refractivity contribution is 0.0951. The minimum absolute atomic E-state index is 0.580. The van der Waals surface area contributed by atoms with Crippen molar-refractivity contribution in [3.8, 4) is 0 Å². The van der Waals surface area contributed by atoms with Crippen molar-refractivity contribution in [2.24, 2.45) is 0 Å². The number of nitrogens with zero attached hydrogens (tertiary/aromatic N) is 1. The Morgan fingerprint density at radius 1 is 0.808 bits per heavy atom. The molecule has 26 heavy (non-hydrogen) atoms. The second-order valence-corrected chi connectivity index (χ2v) is 7.73. The average Bonchev–Trinajstić information content (AvgIpc) is 2.68. The molecule has 5 rings (SSSR count). The number of hydrogen-bond acceptors (Lipinski definition) is 1. The zero-order valence-electron chi connectivity index (χ0n) is 15.1. The molecular formula is C25H25N. The van der Waals surface area contributed by atoms with E-state index >= 15 is 0 Å². The molecule has 0 amide bonds. The van der Waals surface area contributed by atoms with Gasteiger partial charge in [0.2, 0.25) is 0 Å². The molecule has 1 saturated heterocycles. The van der Waals surface area contributed by atoms with Gasteiger partial charge in [-0.05, 0) is 46.7 Å². The van der Waals surface area contributed by atoms with E-state index in [1.54, 1.807) is 5.57 Å². The van der Waals surface area contributed by atoms with Crippen LogP contribution >= 0.6 is 0 Å². The van der Waals surface area contributed by atoms with Gasteiger partial charge in [-0.15, -0.1) is 0 Å². The summed E-state index contributed by atoms with van der Waals surface area (Å²) in [6, 6.07) is 27.8. The van der Waals surface area contributed by atoms with Crippen molar-refractivity contribution in [1.29, 1.82) is 0 Å². The molecule has 1 fully saturated rings. The van der Waals surface area contributed by atoms with Gasteiger partial charge in [0, 0.05) is 18.6 Å². The molecule has 0 aromatic heterocycles. The first-order valence-corrected chi connectivity index (χ1v) is 9.87. The SMILES string of the molecule is C1=C(c2cccc3ccccc23)CC2CCCC1N2Cc1ccccc1. The van der Waals surface area contributed by atoms with Crippen molar-refractivity contribution in [2.75, 3.05) is 0 Å². The lowest BCUT2D eigenvalue weighted by Gasteiger charge is -2.45. The molecule has 0 N–H and O–H groups in total. The average molecular weight is 339 g/mol. The van der Waals surface area contributed by atoms with Crippen LogP contribution in [0.1, 0.15) is 36.8 Å². The van der Waals surface area contributed by atoms with Crippen LogP contribution in [0.5, 0.6) is 0 Å². The first-order valence-electron chi connectivity index (χ1n) is 9.87. The molecule has 2 aliphatic rings. The normalized spacial score (nSPS) is 23.0. The van der Waals surface area contributed by atoms with E-state index in [-0.39, 0.29) is 0 Å². The minimum atomic E-state index is 0.580. The molecule has 3 aromatic carbocycles.